The molecule has 0 saturated carbocycles. The van der Waals surface area contributed by atoms with Gasteiger partial charge in [-0.3, -0.25) is 0 Å². The van der Waals surface area contributed by atoms with Crippen LogP contribution in [0.2, 0.25) is 0 Å². The van der Waals surface area contributed by atoms with Crippen LogP contribution in [0.1, 0.15) is 5.69 Å². The molecule has 0 atom stereocenters. The highest BCUT2D eigenvalue weighted by Crippen LogP contribution is 2.18. The summed E-state index contributed by atoms with van der Waals surface area (Å²) in [5, 5.41) is 0. The molecule has 2 aromatic heterocycles. The van der Waals surface area contributed by atoms with Gasteiger partial charge < -0.3 is 4.57 Å². The zero-order valence-corrected chi connectivity index (χ0v) is 6.64. The van der Waals surface area contributed by atoms with Crippen LogP contribution in [0.3, 0.4) is 0 Å². The predicted molar refractivity (Wildman–Crippen MR) is 41.1 cm³/mol. The first-order valence-corrected chi connectivity index (χ1v) is 3.79. The van der Waals surface area contributed by atoms with E-state index < -0.39 is 0 Å². The summed E-state index contributed by atoms with van der Waals surface area (Å²) in [7, 11) is 1.98. The van der Waals surface area contributed by atoms with Gasteiger partial charge in [-0.25, -0.2) is 4.98 Å². The zero-order valence-electron chi connectivity index (χ0n) is 5.83. The van der Waals surface area contributed by atoms with Crippen LogP contribution in [0.4, 0.5) is 0 Å². The Morgan fingerprint density at radius 3 is 3.10 bits per heavy atom. The Morgan fingerprint density at radius 1 is 1.60 bits per heavy atom. The van der Waals surface area contributed by atoms with E-state index in [0.29, 0.717) is 0 Å². The van der Waals surface area contributed by atoms with Gasteiger partial charge in [0.25, 0.3) is 0 Å². The molecule has 0 aliphatic carbocycles. The van der Waals surface area contributed by atoms with E-state index >= 15 is 0 Å². The fraction of sp³-hybridized carbons (Fsp3) is 0.333. The Kier molecular flexibility index (Phi) is 1.05. The lowest BCUT2D eigenvalue weighted by Gasteiger charge is -1.82. The first-order valence-electron chi connectivity index (χ1n) is 3.02. The molecular weight excluding hydrogens is 146 g/mol. The molecule has 0 saturated heterocycles. The minimum absolute atomic E-state index is 1.03. The van der Waals surface area contributed by atoms with Gasteiger partial charge in [0, 0.05) is 7.05 Å². The van der Waals surface area contributed by atoms with Gasteiger partial charge >= 0.3 is 0 Å². The molecule has 0 aliphatic rings. The van der Waals surface area contributed by atoms with Crippen molar-refractivity contribution in [3.05, 3.63) is 12.0 Å². The first kappa shape index (κ1) is 5.85. The normalized spacial score (nSPS) is 11.0. The van der Waals surface area contributed by atoms with Gasteiger partial charge in [-0.05, 0) is 18.5 Å². The summed E-state index contributed by atoms with van der Waals surface area (Å²) in [5.41, 5.74) is 2.06. The van der Waals surface area contributed by atoms with Crippen molar-refractivity contribution in [2.45, 2.75) is 6.92 Å². The van der Waals surface area contributed by atoms with E-state index in [1.807, 2.05) is 24.9 Å². The van der Waals surface area contributed by atoms with Crippen LogP contribution in [0.25, 0.3) is 10.3 Å². The fourth-order valence-corrected chi connectivity index (χ4v) is 1.70. The van der Waals surface area contributed by atoms with Crippen molar-refractivity contribution >= 4 is 21.9 Å². The number of hydrogen-bond donors (Lipinski definition) is 0. The van der Waals surface area contributed by atoms with Gasteiger partial charge in [-0.1, -0.05) is 0 Å². The molecule has 0 aromatic carbocycles. The molecule has 52 valence electrons. The van der Waals surface area contributed by atoms with Gasteiger partial charge in [-0.15, -0.1) is 0 Å². The molecule has 0 N–H and O–H groups in total. The maximum Gasteiger partial charge on any atom is 0.143 e. The van der Waals surface area contributed by atoms with Crippen molar-refractivity contribution < 1.29 is 0 Å². The van der Waals surface area contributed by atoms with Crippen LogP contribution in [-0.4, -0.2) is 13.9 Å². The van der Waals surface area contributed by atoms with E-state index in [1.165, 1.54) is 11.5 Å². The van der Waals surface area contributed by atoms with Crippen LogP contribution in [0, 0.1) is 6.92 Å². The van der Waals surface area contributed by atoms with Crippen LogP contribution in [-0.2, 0) is 7.05 Å². The Labute approximate surface area is 62.5 Å². The predicted octanol–water partition coefficient (Wildman–Crippen LogP) is 1.34. The lowest BCUT2D eigenvalue weighted by Crippen LogP contribution is -1.78. The molecule has 0 bridgehead atoms. The molecule has 2 rings (SSSR count). The van der Waals surface area contributed by atoms with E-state index in [9.17, 15) is 0 Å². The summed E-state index contributed by atoms with van der Waals surface area (Å²) in [6.45, 7) is 1.98. The molecule has 0 amide bonds. The summed E-state index contributed by atoms with van der Waals surface area (Å²) in [5.74, 6) is 0. The van der Waals surface area contributed by atoms with Gasteiger partial charge in [0.15, 0.2) is 0 Å². The summed E-state index contributed by atoms with van der Waals surface area (Å²) in [6.07, 6.45) is 1.82. The third kappa shape index (κ3) is 0.593. The SMILES string of the molecule is Cc1nsc2c1ncn2C. The lowest BCUT2D eigenvalue weighted by atomic mass is 10.4. The molecule has 0 fully saturated rings. The van der Waals surface area contributed by atoms with Crippen molar-refractivity contribution in [1.82, 2.24) is 13.9 Å². The second kappa shape index (κ2) is 1.79. The van der Waals surface area contributed by atoms with Crippen LogP contribution >= 0.6 is 11.5 Å². The molecule has 0 unspecified atom stereocenters. The van der Waals surface area contributed by atoms with Gasteiger partial charge in [0.2, 0.25) is 0 Å². The molecule has 0 aliphatic heterocycles. The van der Waals surface area contributed by atoms with Crippen molar-refractivity contribution in [1.29, 1.82) is 0 Å². The largest absolute Gasteiger partial charge is 0.324 e. The van der Waals surface area contributed by atoms with E-state index in [2.05, 4.69) is 9.36 Å². The van der Waals surface area contributed by atoms with Crippen LogP contribution in [0.5, 0.6) is 0 Å². The standard InChI is InChI=1S/C6H7N3S/c1-4-5-6(10-8-4)9(2)3-7-5/h3H,1-2H3. The molecule has 4 heteroatoms. The summed E-state index contributed by atoms with van der Waals surface area (Å²) in [6, 6.07) is 0. The summed E-state index contributed by atoms with van der Waals surface area (Å²) >= 11 is 1.50. The molecule has 0 spiro atoms. The van der Waals surface area contributed by atoms with E-state index in [1.54, 1.807) is 0 Å². The number of aromatic nitrogens is 3. The smallest absolute Gasteiger partial charge is 0.143 e. The second-order valence-electron chi connectivity index (χ2n) is 2.28. The average Bonchev–Trinajstić information content (AvgIpc) is 2.41. The van der Waals surface area contributed by atoms with Crippen LogP contribution < -0.4 is 0 Å². The average molecular weight is 153 g/mol. The van der Waals surface area contributed by atoms with Crippen molar-refractivity contribution in [3.63, 3.8) is 0 Å². The minimum atomic E-state index is 1.03. The van der Waals surface area contributed by atoms with Crippen molar-refractivity contribution in [2.75, 3.05) is 0 Å². The Hall–Kier alpha value is -0.900. The highest BCUT2D eigenvalue weighted by molar-refractivity contribution is 7.12. The fourth-order valence-electron chi connectivity index (χ4n) is 0.930. The molecule has 2 aromatic rings. The maximum absolute atomic E-state index is 4.19. The molecule has 0 radical (unpaired) electrons. The Bertz CT molecular complexity index is 324. The summed E-state index contributed by atoms with van der Waals surface area (Å²) < 4.78 is 6.16. The number of aryl methyl sites for hydroxylation is 2. The third-order valence-corrected chi connectivity index (χ3v) is 2.51. The number of hydrogen-bond acceptors (Lipinski definition) is 3. The number of fused-ring (bicyclic) bond motifs is 1. The van der Waals surface area contributed by atoms with E-state index in [0.717, 1.165) is 16.0 Å². The molecular formula is C6H7N3S. The Balaban J connectivity index is 2.95. The van der Waals surface area contributed by atoms with Gasteiger partial charge in [0.05, 0.1) is 12.0 Å². The third-order valence-electron chi connectivity index (χ3n) is 1.49. The monoisotopic (exact) mass is 153 g/mol. The van der Waals surface area contributed by atoms with Gasteiger partial charge in [-0.2, -0.15) is 4.37 Å². The quantitative estimate of drug-likeness (QED) is 0.571. The van der Waals surface area contributed by atoms with Crippen molar-refractivity contribution in [3.8, 4) is 0 Å². The second-order valence-corrected chi connectivity index (χ2v) is 3.03. The molecule has 3 nitrogen and oxygen atoms in total. The van der Waals surface area contributed by atoms with Gasteiger partial charge in [0.1, 0.15) is 10.3 Å². The van der Waals surface area contributed by atoms with E-state index in [-0.39, 0.29) is 0 Å². The summed E-state index contributed by atoms with van der Waals surface area (Å²) in [4.78, 5) is 5.34. The Morgan fingerprint density at radius 2 is 2.40 bits per heavy atom. The number of imidazole rings is 1. The number of rotatable bonds is 0. The highest BCUT2D eigenvalue weighted by Gasteiger charge is 2.04. The topological polar surface area (TPSA) is 30.7 Å². The number of nitrogens with zero attached hydrogens (tertiary/aromatic N) is 3. The minimum Gasteiger partial charge on any atom is -0.324 e. The van der Waals surface area contributed by atoms with E-state index in [4.69, 9.17) is 0 Å². The van der Waals surface area contributed by atoms with Crippen molar-refractivity contribution in [2.24, 2.45) is 7.05 Å². The highest BCUT2D eigenvalue weighted by atomic mass is 32.1. The molecule has 2 heterocycles. The van der Waals surface area contributed by atoms with Crippen LogP contribution in [0.15, 0.2) is 6.33 Å². The first-order chi connectivity index (χ1) is 4.79. The molecule has 10 heavy (non-hydrogen) atoms. The lowest BCUT2D eigenvalue weighted by molar-refractivity contribution is 0.954. The zero-order chi connectivity index (χ0) is 7.14. The maximum atomic E-state index is 4.19.